The van der Waals surface area contributed by atoms with Crippen molar-refractivity contribution < 1.29 is 9.18 Å². The number of urea groups is 1. The zero-order chi connectivity index (χ0) is 25.9. The number of hydrogen-bond donors (Lipinski definition) is 1. The van der Waals surface area contributed by atoms with Crippen molar-refractivity contribution in [3.05, 3.63) is 83.7 Å². The van der Waals surface area contributed by atoms with E-state index in [2.05, 4.69) is 26.5 Å². The molecule has 38 heavy (non-hydrogen) atoms. The number of benzene rings is 3. The third kappa shape index (κ3) is 5.06. The quantitative estimate of drug-likeness (QED) is 0.385. The standard InChI is InChI=1S/C28H22FN7O.ClH/c1-18-17-35(12-13-36(18)28(37)32-25-11-8-20(16-31)14-24(25)29)27-23-5-3-2-4-22(23)26(33-34-27)21-9-6-19(15-30)7-10-21;/h2-11,14,18H,12-13,17H2,1H3,(H,32,37);1H/t18-;/m0./s1. The van der Waals surface area contributed by atoms with E-state index >= 15 is 0 Å². The summed E-state index contributed by atoms with van der Waals surface area (Å²) in [6, 6.07) is 22.5. The third-order valence-electron chi connectivity index (χ3n) is 6.48. The van der Waals surface area contributed by atoms with Crippen LogP contribution in [0.25, 0.3) is 22.0 Å². The molecule has 1 saturated heterocycles. The molecular weight excluding hydrogens is 505 g/mol. The molecule has 2 amide bonds. The topological polar surface area (TPSA) is 109 Å². The normalized spacial score (nSPS) is 14.8. The maximum Gasteiger partial charge on any atom is 0.322 e. The van der Waals surface area contributed by atoms with Crippen LogP contribution < -0.4 is 10.2 Å². The van der Waals surface area contributed by atoms with Gasteiger partial charge >= 0.3 is 6.03 Å². The van der Waals surface area contributed by atoms with Gasteiger partial charge in [-0.1, -0.05) is 36.4 Å². The summed E-state index contributed by atoms with van der Waals surface area (Å²) >= 11 is 0. The Morgan fingerprint density at radius 1 is 0.974 bits per heavy atom. The summed E-state index contributed by atoms with van der Waals surface area (Å²) in [6.07, 6.45) is 0. The number of aromatic nitrogens is 2. The van der Waals surface area contributed by atoms with Gasteiger partial charge < -0.3 is 15.1 Å². The highest BCUT2D eigenvalue weighted by Crippen LogP contribution is 2.32. The summed E-state index contributed by atoms with van der Waals surface area (Å²) in [7, 11) is 0. The smallest absolute Gasteiger partial charge is 0.322 e. The first-order valence-electron chi connectivity index (χ1n) is 11.8. The van der Waals surface area contributed by atoms with Gasteiger partial charge in [-0.15, -0.1) is 22.6 Å². The number of fused-ring (bicyclic) bond motifs is 1. The predicted octanol–water partition coefficient (Wildman–Crippen LogP) is 5.34. The second-order valence-corrected chi connectivity index (χ2v) is 8.83. The van der Waals surface area contributed by atoms with Crippen LogP contribution in [0.1, 0.15) is 18.1 Å². The van der Waals surface area contributed by atoms with Gasteiger partial charge in [0.25, 0.3) is 0 Å². The molecule has 1 N–H and O–H groups in total. The molecule has 0 spiro atoms. The molecule has 10 heteroatoms. The van der Waals surface area contributed by atoms with Gasteiger partial charge in [0.05, 0.1) is 29.0 Å². The molecule has 5 rings (SSSR count). The summed E-state index contributed by atoms with van der Waals surface area (Å²) in [5.74, 6) is 0.0841. The summed E-state index contributed by atoms with van der Waals surface area (Å²) in [5.41, 5.74) is 2.42. The number of nitriles is 2. The van der Waals surface area contributed by atoms with Crippen molar-refractivity contribution in [2.24, 2.45) is 0 Å². The van der Waals surface area contributed by atoms with E-state index in [1.54, 1.807) is 17.0 Å². The number of hydrogen-bond acceptors (Lipinski definition) is 6. The van der Waals surface area contributed by atoms with Crippen molar-refractivity contribution in [1.29, 1.82) is 10.5 Å². The molecule has 8 nitrogen and oxygen atoms in total. The Balaban J connectivity index is 0.00000336. The molecule has 1 fully saturated rings. The first kappa shape index (κ1) is 26.3. The van der Waals surface area contributed by atoms with Crippen LogP contribution in [0.2, 0.25) is 0 Å². The lowest BCUT2D eigenvalue weighted by atomic mass is 10.0. The lowest BCUT2D eigenvalue weighted by Crippen LogP contribution is -2.55. The number of halogens is 2. The van der Waals surface area contributed by atoms with Crippen LogP contribution in [-0.2, 0) is 0 Å². The van der Waals surface area contributed by atoms with E-state index in [9.17, 15) is 9.18 Å². The first-order chi connectivity index (χ1) is 18.0. The zero-order valence-electron chi connectivity index (χ0n) is 20.4. The molecule has 2 heterocycles. The second kappa shape index (κ2) is 11.1. The minimum atomic E-state index is -0.650. The van der Waals surface area contributed by atoms with Gasteiger partial charge in [0.15, 0.2) is 5.82 Å². The van der Waals surface area contributed by atoms with Crippen molar-refractivity contribution in [1.82, 2.24) is 15.1 Å². The number of carbonyl (C=O) groups is 1. The zero-order valence-corrected chi connectivity index (χ0v) is 21.2. The van der Waals surface area contributed by atoms with Crippen molar-refractivity contribution in [3.8, 4) is 23.4 Å². The summed E-state index contributed by atoms with van der Waals surface area (Å²) < 4.78 is 14.3. The van der Waals surface area contributed by atoms with Gasteiger partial charge in [0.2, 0.25) is 0 Å². The molecule has 0 aliphatic carbocycles. The van der Waals surface area contributed by atoms with Crippen LogP contribution in [0, 0.1) is 28.5 Å². The third-order valence-corrected chi connectivity index (χ3v) is 6.48. The summed E-state index contributed by atoms with van der Waals surface area (Å²) in [5, 5.41) is 31.6. The molecule has 1 aliphatic rings. The number of rotatable bonds is 3. The van der Waals surface area contributed by atoms with Crippen LogP contribution in [0.5, 0.6) is 0 Å². The van der Waals surface area contributed by atoms with Crippen LogP contribution in [0.3, 0.4) is 0 Å². The fraction of sp³-hybridized carbons (Fsp3) is 0.179. The van der Waals surface area contributed by atoms with Crippen LogP contribution >= 0.6 is 12.4 Å². The van der Waals surface area contributed by atoms with E-state index < -0.39 is 11.8 Å². The molecule has 0 radical (unpaired) electrons. The highest BCUT2D eigenvalue weighted by molar-refractivity contribution is 6.00. The van der Waals surface area contributed by atoms with Crippen molar-refractivity contribution in [2.75, 3.05) is 29.9 Å². The molecule has 3 aromatic carbocycles. The fourth-order valence-corrected chi connectivity index (χ4v) is 4.56. The number of nitrogens with zero attached hydrogens (tertiary/aromatic N) is 6. The first-order valence-corrected chi connectivity index (χ1v) is 11.8. The average molecular weight is 528 g/mol. The Morgan fingerprint density at radius 2 is 1.66 bits per heavy atom. The maximum atomic E-state index is 14.3. The van der Waals surface area contributed by atoms with Crippen LogP contribution in [0.15, 0.2) is 66.7 Å². The Labute approximate surface area is 225 Å². The maximum absolute atomic E-state index is 14.3. The van der Waals surface area contributed by atoms with E-state index in [-0.39, 0.29) is 29.7 Å². The van der Waals surface area contributed by atoms with E-state index in [0.29, 0.717) is 25.2 Å². The molecular formula is C28H23ClFN7O. The van der Waals surface area contributed by atoms with Crippen molar-refractivity contribution in [2.45, 2.75) is 13.0 Å². The van der Waals surface area contributed by atoms with E-state index in [1.807, 2.05) is 49.4 Å². The van der Waals surface area contributed by atoms with Crippen LogP contribution in [0.4, 0.5) is 20.7 Å². The van der Waals surface area contributed by atoms with E-state index in [0.717, 1.165) is 33.9 Å². The second-order valence-electron chi connectivity index (χ2n) is 8.83. The Hall–Kier alpha value is -4.73. The van der Waals surface area contributed by atoms with Gasteiger partial charge in [-0.25, -0.2) is 9.18 Å². The highest BCUT2D eigenvalue weighted by Gasteiger charge is 2.30. The van der Waals surface area contributed by atoms with Crippen molar-refractivity contribution >= 4 is 40.7 Å². The lowest BCUT2D eigenvalue weighted by molar-refractivity contribution is 0.184. The lowest BCUT2D eigenvalue weighted by Gasteiger charge is -2.40. The fourth-order valence-electron chi connectivity index (χ4n) is 4.56. The minimum absolute atomic E-state index is 0. The SMILES string of the molecule is C[C@H]1CN(c2nnc(-c3ccc(C#N)cc3)c3ccccc23)CCN1C(=O)Nc1ccc(C#N)cc1F.Cl. The molecule has 1 aliphatic heterocycles. The number of anilines is 2. The average Bonchev–Trinajstić information content (AvgIpc) is 2.93. The number of carbonyl (C=O) groups excluding carboxylic acids is 1. The monoisotopic (exact) mass is 527 g/mol. The van der Waals surface area contributed by atoms with Crippen molar-refractivity contribution in [3.63, 3.8) is 0 Å². The number of nitrogens with one attached hydrogen (secondary N) is 1. The van der Waals surface area contributed by atoms with Gasteiger partial charge in [-0.05, 0) is 37.3 Å². The van der Waals surface area contributed by atoms with E-state index in [4.69, 9.17) is 10.5 Å². The summed E-state index contributed by atoms with van der Waals surface area (Å²) in [6.45, 7) is 3.40. The molecule has 0 unspecified atom stereocenters. The largest absolute Gasteiger partial charge is 0.351 e. The Morgan fingerprint density at radius 3 is 2.32 bits per heavy atom. The van der Waals surface area contributed by atoms with Crippen LogP contribution in [-0.4, -0.2) is 46.8 Å². The predicted molar refractivity (Wildman–Crippen MR) is 145 cm³/mol. The highest BCUT2D eigenvalue weighted by atomic mass is 35.5. The van der Waals surface area contributed by atoms with Gasteiger partial charge in [-0.3, -0.25) is 0 Å². The molecule has 0 saturated carbocycles. The van der Waals surface area contributed by atoms with Gasteiger partial charge in [0, 0.05) is 42.0 Å². The molecule has 0 bridgehead atoms. The Bertz CT molecular complexity index is 1580. The minimum Gasteiger partial charge on any atom is -0.351 e. The molecule has 1 aromatic heterocycles. The molecule has 1 atom stereocenters. The van der Waals surface area contributed by atoms with E-state index in [1.165, 1.54) is 12.1 Å². The molecule has 4 aromatic rings. The van der Waals surface area contributed by atoms with Gasteiger partial charge in [0.1, 0.15) is 11.5 Å². The van der Waals surface area contributed by atoms with Gasteiger partial charge in [-0.2, -0.15) is 10.5 Å². The Kier molecular flexibility index (Phi) is 7.71. The number of piperazine rings is 1. The number of amides is 2. The summed E-state index contributed by atoms with van der Waals surface area (Å²) in [4.78, 5) is 16.7. The molecule has 190 valence electrons.